The summed E-state index contributed by atoms with van der Waals surface area (Å²) < 4.78 is 34.7. The molecule has 2 aliphatic heterocycles. The van der Waals surface area contributed by atoms with Gasteiger partial charge >= 0.3 is 0 Å². The van der Waals surface area contributed by atoms with Crippen LogP contribution in [-0.4, -0.2) is 48.4 Å². The van der Waals surface area contributed by atoms with E-state index in [1.54, 1.807) is 48.1 Å². The second-order valence-electron chi connectivity index (χ2n) is 6.55. The maximum Gasteiger partial charge on any atom is 0.268 e. The van der Waals surface area contributed by atoms with Gasteiger partial charge in [-0.15, -0.1) is 0 Å². The van der Waals surface area contributed by atoms with Crippen molar-refractivity contribution in [3.05, 3.63) is 47.2 Å². The molecule has 9 heteroatoms. The normalized spacial score (nSPS) is 24.2. The fraction of sp³-hybridized carbons (Fsp3) is 0.353. The number of nitrogens with one attached hydrogen (secondary N) is 1. The molecule has 26 heavy (non-hydrogen) atoms. The number of sulfonamides is 1. The van der Waals surface area contributed by atoms with Crippen LogP contribution in [0.5, 0.6) is 5.75 Å². The summed E-state index contributed by atoms with van der Waals surface area (Å²) in [5.41, 5.74) is 0.432. The van der Waals surface area contributed by atoms with E-state index < -0.39 is 10.0 Å². The summed E-state index contributed by atoms with van der Waals surface area (Å²) in [6.45, 7) is 0.479. The Balaban J connectivity index is 1.55. The molecule has 138 valence electrons. The molecular weight excluding hydrogens is 378 g/mol. The number of fused-ring (bicyclic) bond motifs is 2. The minimum absolute atomic E-state index is 0.170. The van der Waals surface area contributed by atoms with Crippen LogP contribution in [0.4, 0.5) is 0 Å². The van der Waals surface area contributed by atoms with Crippen LogP contribution in [0.3, 0.4) is 0 Å². The topological polar surface area (TPSA) is 80.6 Å². The van der Waals surface area contributed by atoms with Crippen molar-refractivity contribution in [2.24, 2.45) is 7.05 Å². The molecule has 2 aliphatic rings. The number of hydrogen-bond donors (Lipinski definition) is 1. The number of aromatic nitrogens is 1. The van der Waals surface area contributed by atoms with Crippen LogP contribution in [0, 0.1) is 0 Å². The third-order valence-corrected chi connectivity index (χ3v) is 6.94. The highest BCUT2D eigenvalue weighted by Crippen LogP contribution is 2.35. The summed E-state index contributed by atoms with van der Waals surface area (Å²) in [5.74, 6) is 0.0988. The molecule has 0 spiro atoms. The largest absolute Gasteiger partial charge is 0.490 e. The minimum atomic E-state index is -3.66. The van der Waals surface area contributed by atoms with Crippen molar-refractivity contribution in [3.8, 4) is 5.75 Å². The van der Waals surface area contributed by atoms with Crippen LogP contribution in [0.1, 0.15) is 16.9 Å². The van der Waals surface area contributed by atoms with Gasteiger partial charge in [-0.2, -0.15) is 4.31 Å². The summed E-state index contributed by atoms with van der Waals surface area (Å²) in [4.78, 5) is 12.6. The molecule has 1 aromatic heterocycles. The van der Waals surface area contributed by atoms with E-state index in [9.17, 15) is 13.2 Å². The standard InChI is InChI=1S/C17H18ClN3O4S/c1-20-8-11(18)6-14(20)17(22)19-12-7-13-10-25-15-4-2-3-5-16(15)26(23,24)21(13)9-12/h2-6,8,12-13H,7,9-10H2,1H3,(H,19,22)/t12-,13-/m0/s1. The summed E-state index contributed by atoms with van der Waals surface area (Å²) in [6, 6.07) is 7.62. The lowest BCUT2D eigenvalue weighted by atomic mass is 10.2. The number of hydrogen-bond acceptors (Lipinski definition) is 4. The van der Waals surface area contributed by atoms with Gasteiger partial charge in [0.2, 0.25) is 10.0 Å². The van der Waals surface area contributed by atoms with Crippen LogP contribution in [0.2, 0.25) is 5.02 Å². The molecule has 1 aromatic carbocycles. The van der Waals surface area contributed by atoms with Crippen molar-refractivity contribution in [1.29, 1.82) is 0 Å². The molecule has 1 amide bonds. The lowest BCUT2D eigenvalue weighted by molar-refractivity contribution is 0.0930. The first-order valence-electron chi connectivity index (χ1n) is 8.22. The van der Waals surface area contributed by atoms with Gasteiger partial charge in [-0.25, -0.2) is 8.42 Å². The first kappa shape index (κ1) is 17.4. The molecule has 0 saturated carbocycles. The molecule has 0 radical (unpaired) electrons. The Morgan fingerprint density at radius 3 is 2.85 bits per heavy atom. The van der Waals surface area contributed by atoms with Gasteiger partial charge in [0.15, 0.2) is 0 Å². The third-order valence-electron chi connectivity index (χ3n) is 4.77. The van der Waals surface area contributed by atoms with Crippen LogP contribution < -0.4 is 10.1 Å². The number of benzene rings is 1. The van der Waals surface area contributed by atoms with Gasteiger partial charge in [0, 0.05) is 25.8 Å². The highest BCUT2D eigenvalue weighted by atomic mass is 35.5. The van der Waals surface area contributed by atoms with Crippen molar-refractivity contribution in [2.75, 3.05) is 13.2 Å². The van der Waals surface area contributed by atoms with Gasteiger partial charge < -0.3 is 14.6 Å². The fourth-order valence-electron chi connectivity index (χ4n) is 3.54. The zero-order valence-corrected chi connectivity index (χ0v) is 15.6. The Bertz CT molecular complexity index is 972. The summed E-state index contributed by atoms with van der Waals surface area (Å²) in [6.07, 6.45) is 2.14. The summed E-state index contributed by atoms with van der Waals surface area (Å²) in [7, 11) is -1.93. The quantitative estimate of drug-likeness (QED) is 0.838. The van der Waals surface area contributed by atoms with Crippen molar-refractivity contribution in [2.45, 2.75) is 23.4 Å². The number of carbonyl (C=O) groups is 1. The monoisotopic (exact) mass is 395 g/mol. The predicted molar refractivity (Wildman–Crippen MR) is 95.9 cm³/mol. The van der Waals surface area contributed by atoms with Gasteiger partial charge in [-0.3, -0.25) is 4.79 Å². The van der Waals surface area contributed by atoms with E-state index in [0.717, 1.165) is 0 Å². The second-order valence-corrected chi connectivity index (χ2v) is 8.84. The third kappa shape index (κ3) is 2.87. The van der Waals surface area contributed by atoms with E-state index >= 15 is 0 Å². The van der Waals surface area contributed by atoms with Crippen LogP contribution in [0.25, 0.3) is 0 Å². The van der Waals surface area contributed by atoms with E-state index in [0.29, 0.717) is 22.9 Å². The second kappa shape index (κ2) is 6.29. The van der Waals surface area contributed by atoms with Gasteiger partial charge in [0.05, 0.1) is 11.1 Å². The molecule has 1 saturated heterocycles. The molecule has 1 fully saturated rings. The first-order valence-corrected chi connectivity index (χ1v) is 10.0. The Morgan fingerprint density at radius 2 is 2.12 bits per heavy atom. The average Bonchev–Trinajstić information content (AvgIpc) is 3.13. The minimum Gasteiger partial charge on any atom is -0.490 e. The van der Waals surface area contributed by atoms with Crippen LogP contribution in [-0.2, 0) is 17.1 Å². The van der Waals surface area contributed by atoms with Crippen molar-refractivity contribution in [3.63, 3.8) is 0 Å². The molecule has 3 heterocycles. The smallest absolute Gasteiger partial charge is 0.268 e. The average molecular weight is 396 g/mol. The molecule has 0 aliphatic carbocycles. The van der Waals surface area contributed by atoms with Crippen LogP contribution in [0.15, 0.2) is 41.4 Å². The Kier molecular flexibility index (Phi) is 4.21. The molecule has 2 aromatic rings. The number of nitrogens with zero attached hydrogens (tertiary/aromatic N) is 2. The van der Waals surface area contributed by atoms with Gasteiger partial charge in [0.25, 0.3) is 5.91 Å². The molecule has 7 nitrogen and oxygen atoms in total. The van der Waals surface area contributed by atoms with Gasteiger partial charge in [0.1, 0.15) is 22.9 Å². The number of para-hydroxylation sites is 1. The lowest BCUT2D eigenvalue weighted by Gasteiger charge is -2.19. The van der Waals surface area contributed by atoms with E-state index in [1.807, 2.05) is 0 Å². The van der Waals surface area contributed by atoms with E-state index in [2.05, 4.69) is 5.32 Å². The number of halogens is 1. The Labute approximate surface area is 156 Å². The SMILES string of the molecule is Cn1cc(Cl)cc1C(=O)N[C@H]1C[C@H]2COc3ccccc3S(=O)(=O)N2C1. The number of aryl methyl sites for hydroxylation is 1. The van der Waals surface area contributed by atoms with Gasteiger partial charge in [-0.05, 0) is 24.6 Å². The maximum atomic E-state index is 13.0. The lowest BCUT2D eigenvalue weighted by Crippen LogP contribution is -2.39. The Morgan fingerprint density at radius 1 is 1.35 bits per heavy atom. The number of carbonyl (C=O) groups excluding carboxylic acids is 1. The van der Waals surface area contributed by atoms with E-state index in [1.165, 1.54) is 4.31 Å². The van der Waals surface area contributed by atoms with Crippen LogP contribution >= 0.6 is 11.6 Å². The molecule has 0 unspecified atom stereocenters. The number of amides is 1. The van der Waals surface area contributed by atoms with Crippen molar-refractivity contribution >= 4 is 27.5 Å². The highest BCUT2D eigenvalue weighted by Gasteiger charge is 2.44. The number of ether oxygens (including phenoxy) is 1. The first-order chi connectivity index (χ1) is 12.4. The zero-order valence-electron chi connectivity index (χ0n) is 14.1. The summed E-state index contributed by atoms with van der Waals surface area (Å²) >= 11 is 5.92. The van der Waals surface area contributed by atoms with Crippen molar-refractivity contribution in [1.82, 2.24) is 14.2 Å². The predicted octanol–water partition coefficient (Wildman–Crippen LogP) is 1.63. The van der Waals surface area contributed by atoms with Gasteiger partial charge in [-0.1, -0.05) is 23.7 Å². The zero-order chi connectivity index (χ0) is 18.5. The molecule has 4 rings (SSSR count). The van der Waals surface area contributed by atoms with E-state index in [-0.39, 0.29) is 36.0 Å². The fourth-order valence-corrected chi connectivity index (χ4v) is 5.59. The molecule has 1 N–H and O–H groups in total. The molecule has 0 bridgehead atoms. The highest BCUT2D eigenvalue weighted by molar-refractivity contribution is 7.89. The Hall–Kier alpha value is -2.03. The van der Waals surface area contributed by atoms with E-state index in [4.69, 9.17) is 16.3 Å². The molecular formula is C17H18ClN3O4S. The maximum absolute atomic E-state index is 13.0. The summed E-state index contributed by atoms with van der Waals surface area (Å²) in [5, 5.41) is 3.39. The number of rotatable bonds is 2. The molecule has 2 atom stereocenters. The van der Waals surface area contributed by atoms with Crippen molar-refractivity contribution < 1.29 is 17.9 Å².